The molecule has 1 atom stereocenters. The van der Waals surface area contributed by atoms with Crippen molar-refractivity contribution in [2.24, 2.45) is 0 Å². The van der Waals surface area contributed by atoms with Gasteiger partial charge in [-0.05, 0) is 62.2 Å². The fraction of sp³-hybridized carbons (Fsp3) is 0.263. The molecule has 0 spiro atoms. The van der Waals surface area contributed by atoms with E-state index in [0.29, 0.717) is 5.02 Å². The molecule has 1 N–H and O–H groups in total. The van der Waals surface area contributed by atoms with Gasteiger partial charge in [0.05, 0.1) is 0 Å². The number of halogens is 1. The van der Waals surface area contributed by atoms with Crippen LogP contribution in [0.1, 0.15) is 18.1 Å². The van der Waals surface area contributed by atoms with Gasteiger partial charge < -0.3 is 10.1 Å². The molecule has 0 saturated heterocycles. The van der Waals surface area contributed by atoms with E-state index in [1.807, 2.05) is 44.2 Å². The number of nitrogens with one attached hydrogen (secondary N) is 1. The number of hydrogen-bond acceptors (Lipinski definition) is 4. The van der Waals surface area contributed by atoms with Crippen molar-refractivity contribution in [3.05, 3.63) is 58.6 Å². The SMILES string of the molecule is Cc1cccc(NC(=O)COC(=O)[C@H](C)Sc2ccc(Cl)cc2)c1C. The van der Waals surface area contributed by atoms with E-state index in [9.17, 15) is 9.59 Å². The molecule has 0 aliphatic heterocycles. The maximum Gasteiger partial charge on any atom is 0.319 e. The molecule has 0 aromatic heterocycles. The molecule has 0 bridgehead atoms. The number of benzene rings is 2. The fourth-order valence-electron chi connectivity index (χ4n) is 2.09. The summed E-state index contributed by atoms with van der Waals surface area (Å²) in [5.74, 6) is -0.790. The van der Waals surface area contributed by atoms with Crippen molar-refractivity contribution < 1.29 is 14.3 Å². The van der Waals surface area contributed by atoms with Crippen LogP contribution in [0.25, 0.3) is 0 Å². The Morgan fingerprint density at radius 3 is 2.52 bits per heavy atom. The molecule has 0 fully saturated rings. The van der Waals surface area contributed by atoms with Gasteiger partial charge in [0.25, 0.3) is 5.91 Å². The Bertz CT molecular complexity index is 762. The lowest BCUT2D eigenvalue weighted by molar-refractivity contribution is -0.146. The van der Waals surface area contributed by atoms with Gasteiger partial charge in [0.15, 0.2) is 6.61 Å². The maximum absolute atomic E-state index is 12.0. The molecule has 0 heterocycles. The first-order valence-electron chi connectivity index (χ1n) is 7.81. The fourth-order valence-corrected chi connectivity index (χ4v) is 3.08. The van der Waals surface area contributed by atoms with Crippen molar-refractivity contribution in [1.29, 1.82) is 0 Å². The van der Waals surface area contributed by atoms with Crippen LogP contribution < -0.4 is 5.32 Å². The standard InChI is InChI=1S/C19H20ClNO3S/c1-12-5-4-6-17(13(12)2)21-18(22)11-24-19(23)14(3)25-16-9-7-15(20)8-10-16/h4-10,14H,11H2,1-3H3,(H,21,22)/t14-/m0/s1. The molecule has 0 unspecified atom stereocenters. The summed E-state index contributed by atoms with van der Waals surface area (Å²) in [6.07, 6.45) is 0. The van der Waals surface area contributed by atoms with Gasteiger partial charge in [-0.3, -0.25) is 9.59 Å². The summed E-state index contributed by atoms with van der Waals surface area (Å²) in [6.45, 7) is 5.34. The predicted molar refractivity (Wildman–Crippen MR) is 102 cm³/mol. The number of hydrogen-bond donors (Lipinski definition) is 1. The van der Waals surface area contributed by atoms with Gasteiger partial charge in [-0.25, -0.2) is 0 Å². The zero-order valence-electron chi connectivity index (χ0n) is 14.3. The summed E-state index contributed by atoms with van der Waals surface area (Å²) in [5, 5.41) is 2.98. The van der Waals surface area contributed by atoms with Crippen LogP contribution in [0.5, 0.6) is 0 Å². The van der Waals surface area contributed by atoms with E-state index >= 15 is 0 Å². The number of ether oxygens (including phenoxy) is 1. The molecule has 0 aliphatic rings. The van der Waals surface area contributed by atoms with Gasteiger partial charge in [0, 0.05) is 15.6 Å². The summed E-state index contributed by atoms with van der Waals surface area (Å²) < 4.78 is 5.11. The van der Waals surface area contributed by atoms with E-state index in [0.717, 1.165) is 21.7 Å². The molecular formula is C19H20ClNO3S. The maximum atomic E-state index is 12.0. The van der Waals surface area contributed by atoms with Crippen LogP contribution in [0.15, 0.2) is 47.4 Å². The predicted octanol–water partition coefficient (Wildman–Crippen LogP) is 4.62. The molecule has 25 heavy (non-hydrogen) atoms. The van der Waals surface area contributed by atoms with Crippen molar-refractivity contribution >= 4 is 40.9 Å². The molecule has 6 heteroatoms. The third kappa shape index (κ3) is 5.80. The highest BCUT2D eigenvalue weighted by Crippen LogP contribution is 2.25. The second-order valence-electron chi connectivity index (χ2n) is 5.62. The summed E-state index contributed by atoms with van der Waals surface area (Å²) in [7, 11) is 0. The van der Waals surface area contributed by atoms with Crippen LogP contribution in [0.4, 0.5) is 5.69 Å². The summed E-state index contributed by atoms with van der Waals surface area (Å²) in [6, 6.07) is 12.9. The largest absolute Gasteiger partial charge is 0.455 e. The third-order valence-corrected chi connectivity index (χ3v) is 5.02. The van der Waals surface area contributed by atoms with E-state index < -0.39 is 11.2 Å². The van der Waals surface area contributed by atoms with Crippen molar-refractivity contribution in [1.82, 2.24) is 0 Å². The Hall–Kier alpha value is -1.98. The number of anilines is 1. The molecule has 4 nitrogen and oxygen atoms in total. The number of carbonyl (C=O) groups is 2. The normalized spacial score (nSPS) is 11.7. The molecule has 2 rings (SSSR count). The minimum Gasteiger partial charge on any atom is -0.455 e. The van der Waals surface area contributed by atoms with Crippen LogP contribution in [-0.4, -0.2) is 23.7 Å². The molecule has 0 aliphatic carbocycles. The Balaban J connectivity index is 1.83. The quantitative estimate of drug-likeness (QED) is 0.589. The van der Waals surface area contributed by atoms with E-state index in [1.54, 1.807) is 19.1 Å². The molecule has 0 saturated carbocycles. The molecule has 0 radical (unpaired) electrons. The second kappa shape index (κ2) is 8.92. The lowest BCUT2D eigenvalue weighted by atomic mass is 10.1. The number of aryl methyl sites for hydroxylation is 1. The van der Waals surface area contributed by atoms with Crippen LogP contribution in [0.3, 0.4) is 0 Å². The Labute approximate surface area is 156 Å². The minimum atomic E-state index is -0.434. The molecular weight excluding hydrogens is 358 g/mol. The summed E-state index contributed by atoms with van der Waals surface area (Å²) >= 11 is 7.19. The average Bonchev–Trinajstić information content (AvgIpc) is 2.59. The number of carbonyl (C=O) groups excluding carboxylic acids is 2. The Morgan fingerprint density at radius 1 is 1.16 bits per heavy atom. The first-order valence-corrected chi connectivity index (χ1v) is 9.07. The van der Waals surface area contributed by atoms with Gasteiger partial charge in [-0.15, -0.1) is 11.8 Å². The van der Waals surface area contributed by atoms with Gasteiger partial charge in [-0.1, -0.05) is 23.7 Å². The van der Waals surface area contributed by atoms with Crippen molar-refractivity contribution in [2.45, 2.75) is 30.9 Å². The monoisotopic (exact) mass is 377 g/mol. The number of amides is 1. The topological polar surface area (TPSA) is 55.4 Å². The van der Waals surface area contributed by atoms with Gasteiger partial charge in [-0.2, -0.15) is 0 Å². The Kier molecular flexibility index (Phi) is 6.91. The first kappa shape index (κ1) is 19.3. The van der Waals surface area contributed by atoms with E-state index in [4.69, 9.17) is 16.3 Å². The highest BCUT2D eigenvalue weighted by atomic mass is 35.5. The zero-order valence-corrected chi connectivity index (χ0v) is 15.9. The third-order valence-electron chi connectivity index (χ3n) is 3.68. The number of esters is 1. The molecule has 2 aromatic rings. The van der Waals surface area contributed by atoms with Crippen LogP contribution >= 0.6 is 23.4 Å². The van der Waals surface area contributed by atoms with Gasteiger partial charge in [0.1, 0.15) is 5.25 Å². The van der Waals surface area contributed by atoms with E-state index in [2.05, 4.69) is 5.32 Å². The summed E-state index contributed by atoms with van der Waals surface area (Å²) in [5.41, 5.74) is 2.81. The highest BCUT2D eigenvalue weighted by Gasteiger charge is 2.17. The van der Waals surface area contributed by atoms with Crippen LogP contribution in [0.2, 0.25) is 5.02 Å². The van der Waals surface area contributed by atoms with Crippen molar-refractivity contribution in [3.8, 4) is 0 Å². The Morgan fingerprint density at radius 2 is 1.84 bits per heavy atom. The molecule has 2 aromatic carbocycles. The van der Waals surface area contributed by atoms with Crippen LogP contribution in [-0.2, 0) is 14.3 Å². The van der Waals surface area contributed by atoms with E-state index in [1.165, 1.54) is 11.8 Å². The van der Waals surface area contributed by atoms with E-state index in [-0.39, 0.29) is 12.5 Å². The number of thioether (sulfide) groups is 1. The average molecular weight is 378 g/mol. The van der Waals surface area contributed by atoms with Crippen molar-refractivity contribution in [3.63, 3.8) is 0 Å². The highest BCUT2D eigenvalue weighted by molar-refractivity contribution is 8.00. The summed E-state index contributed by atoms with van der Waals surface area (Å²) in [4.78, 5) is 24.9. The van der Waals surface area contributed by atoms with Gasteiger partial charge >= 0.3 is 5.97 Å². The zero-order chi connectivity index (χ0) is 18.4. The van der Waals surface area contributed by atoms with Crippen LogP contribution in [0, 0.1) is 13.8 Å². The number of rotatable bonds is 6. The van der Waals surface area contributed by atoms with Gasteiger partial charge in [0.2, 0.25) is 0 Å². The molecule has 1 amide bonds. The second-order valence-corrected chi connectivity index (χ2v) is 7.47. The van der Waals surface area contributed by atoms with Crippen molar-refractivity contribution in [2.75, 3.05) is 11.9 Å². The minimum absolute atomic E-state index is 0.308. The molecule has 132 valence electrons. The smallest absolute Gasteiger partial charge is 0.319 e. The lowest BCUT2D eigenvalue weighted by Gasteiger charge is -2.13. The lowest BCUT2D eigenvalue weighted by Crippen LogP contribution is -2.25. The first-order chi connectivity index (χ1) is 11.9.